The van der Waals surface area contributed by atoms with E-state index in [-0.39, 0.29) is 5.60 Å². The van der Waals surface area contributed by atoms with Crippen LogP contribution < -0.4 is 5.32 Å². The minimum atomic E-state index is -0.0343. The third-order valence-electron chi connectivity index (χ3n) is 2.72. The predicted octanol–water partition coefficient (Wildman–Crippen LogP) is 2.02. The Morgan fingerprint density at radius 3 is 2.80 bits per heavy atom. The summed E-state index contributed by atoms with van der Waals surface area (Å²) in [5, 5.41) is 3.14. The van der Waals surface area contributed by atoms with Crippen LogP contribution in [0.25, 0.3) is 0 Å². The van der Waals surface area contributed by atoms with E-state index in [0.29, 0.717) is 0 Å². The zero-order valence-electron chi connectivity index (χ0n) is 10.2. The molecule has 0 spiro atoms. The number of nitrogens with zero attached hydrogens (tertiary/aromatic N) is 1. The van der Waals surface area contributed by atoms with Crippen LogP contribution >= 0.6 is 0 Å². The van der Waals surface area contributed by atoms with Gasteiger partial charge >= 0.3 is 0 Å². The van der Waals surface area contributed by atoms with E-state index in [1.807, 2.05) is 7.05 Å². The summed E-state index contributed by atoms with van der Waals surface area (Å²) in [7, 11) is 3.73. The fraction of sp³-hybridized carbons (Fsp3) is 0.667. The van der Waals surface area contributed by atoms with E-state index in [1.165, 1.54) is 5.56 Å². The maximum atomic E-state index is 5.39. The molecule has 0 aliphatic rings. The highest BCUT2D eigenvalue weighted by atomic mass is 16.5. The number of hydrogen-bond donors (Lipinski definition) is 1. The van der Waals surface area contributed by atoms with Gasteiger partial charge in [0.25, 0.3) is 0 Å². The Balaban J connectivity index is 2.44. The Kier molecular flexibility index (Phi) is 4.36. The lowest BCUT2D eigenvalue weighted by molar-refractivity contribution is 0.0120. The molecule has 3 nitrogen and oxygen atoms in total. The zero-order chi connectivity index (χ0) is 11.3. The third-order valence-corrected chi connectivity index (χ3v) is 2.72. The normalized spacial score (nSPS) is 12.0. The Morgan fingerprint density at radius 1 is 1.47 bits per heavy atom. The van der Waals surface area contributed by atoms with Crippen LogP contribution in [-0.2, 0) is 17.8 Å². The Morgan fingerprint density at radius 2 is 2.20 bits per heavy atom. The van der Waals surface area contributed by atoms with Gasteiger partial charge < -0.3 is 14.6 Å². The number of methoxy groups -OCH3 is 1. The van der Waals surface area contributed by atoms with Gasteiger partial charge in [-0.3, -0.25) is 0 Å². The van der Waals surface area contributed by atoms with E-state index < -0.39 is 0 Å². The van der Waals surface area contributed by atoms with Crippen molar-refractivity contribution in [2.75, 3.05) is 14.2 Å². The summed E-state index contributed by atoms with van der Waals surface area (Å²) in [5.41, 5.74) is 1.29. The van der Waals surface area contributed by atoms with E-state index in [0.717, 1.165) is 19.5 Å². The first-order valence-electron chi connectivity index (χ1n) is 5.42. The van der Waals surface area contributed by atoms with Gasteiger partial charge in [-0.2, -0.15) is 0 Å². The molecular formula is C12H22N2O. The molecule has 1 rings (SSSR count). The van der Waals surface area contributed by atoms with Gasteiger partial charge in [-0.25, -0.2) is 0 Å². The molecule has 0 radical (unpaired) electrons. The summed E-state index contributed by atoms with van der Waals surface area (Å²) in [6.07, 6.45) is 5.33. The van der Waals surface area contributed by atoms with Gasteiger partial charge in [0.1, 0.15) is 0 Å². The van der Waals surface area contributed by atoms with Crippen LogP contribution in [-0.4, -0.2) is 24.3 Å². The number of nitrogens with one attached hydrogen (secondary N) is 1. The second-order valence-electron chi connectivity index (χ2n) is 4.50. The van der Waals surface area contributed by atoms with Crippen molar-refractivity contribution in [3.63, 3.8) is 0 Å². The van der Waals surface area contributed by atoms with Gasteiger partial charge in [-0.05, 0) is 38.9 Å². The van der Waals surface area contributed by atoms with Gasteiger partial charge in [0.15, 0.2) is 0 Å². The topological polar surface area (TPSA) is 26.2 Å². The second-order valence-corrected chi connectivity index (χ2v) is 4.50. The zero-order valence-corrected chi connectivity index (χ0v) is 10.2. The van der Waals surface area contributed by atoms with Crippen molar-refractivity contribution in [2.45, 2.75) is 39.0 Å². The van der Waals surface area contributed by atoms with Crippen LogP contribution in [0.4, 0.5) is 0 Å². The monoisotopic (exact) mass is 210 g/mol. The fourth-order valence-corrected chi connectivity index (χ4v) is 1.44. The Bertz CT molecular complexity index is 292. The molecule has 1 aromatic rings. The average Bonchev–Trinajstić information content (AvgIpc) is 2.64. The Labute approximate surface area is 92.4 Å². The maximum absolute atomic E-state index is 5.39. The van der Waals surface area contributed by atoms with Crippen LogP contribution in [0.3, 0.4) is 0 Å². The molecule has 3 heteroatoms. The van der Waals surface area contributed by atoms with Crippen LogP contribution in [0, 0.1) is 0 Å². The van der Waals surface area contributed by atoms with Crippen molar-refractivity contribution in [3.05, 3.63) is 24.0 Å². The molecule has 0 aliphatic heterocycles. The van der Waals surface area contributed by atoms with Crippen LogP contribution in [0.15, 0.2) is 18.5 Å². The van der Waals surface area contributed by atoms with E-state index in [4.69, 9.17) is 4.74 Å². The predicted molar refractivity (Wildman–Crippen MR) is 62.9 cm³/mol. The van der Waals surface area contributed by atoms with Crippen molar-refractivity contribution in [2.24, 2.45) is 0 Å². The largest absolute Gasteiger partial charge is 0.379 e. The summed E-state index contributed by atoms with van der Waals surface area (Å²) in [5.74, 6) is 0. The van der Waals surface area contributed by atoms with Crippen molar-refractivity contribution in [1.29, 1.82) is 0 Å². The molecule has 1 heterocycles. The average molecular weight is 210 g/mol. The number of hydrogen-bond acceptors (Lipinski definition) is 2. The Hall–Kier alpha value is -0.800. The quantitative estimate of drug-likeness (QED) is 0.777. The molecule has 15 heavy (non-hydrogen) atoms. The summed E-state index contributed by atoms with van der Waals surface area (Å²) in [6.45, 7) is 6.17. The van der Waals surface area contributed by atoms with Crippen LogP contribution in [0.2, 0.25) is 0 Å². The molecule has 0 unspecified atom stereocenters. The SMILES string of the molecule is CNCc1ccn(CCC(C)(C)OC)c1. The molecule has 86 valence electrons. The first-order valence-corrected chi connectivity index (χ1v) is 5.42. The van der Waals surface area contributed by atoms with E-state index in [9.17, 15) is 0 Å². The number of rotatable bonds is 6. The van der Waals surface area contributed by atoms with E-state index >= 15 is 0 Å². The third kappa shape index (κ3) is 4.06. The lowest BCUT2D eigenvalue weighted by atomic mass is 10.1. The van der Waals surface area contributed by atoms with Gasteiger partial charge in [0.05, 0.1) is 5.60 Å². The van der Waals surface area contributed by atoms with Gasteiger partial charge in [-0.15, -0.1) is 0 Å². The number of aryl methyl sites for hydroxylation is 1. The molecule has 0 saturated carbocycles. The van der Waals surface area contributed by atoms with E-state index in [1.54, 1.807) is 7.11 Å². The summed E-state index contributed by atoms with van der Waals surface area (Å²) in [4.78, 5) is 0. The smallest absolute Gasteiger partial charge is 0.0639 e. The number of aromatic nitrogens is 1. The summed E-state index contributed by atoms with van der Waals surface area (Å²) in [6, 6.07) is 2.15. The highest BCUT2D eigenvalue weighted by Crippen LogP contribution is 2.14. The maximum Gasteiger partial charge on any atom is 0.0639 e. The minimum absolute atomic E-state index is 0.0343. The van der Waals surface area contributed by atoms with Crippen LogP contribution in [0.1, 0.15) is 25.8 Å². The summed E-state index contributed by atoms with van der Waals surface area (Å²) < 4.78 is 7.60. The minimum Gasteiger partial charge on any atom is -0.379 e. The van der Waals surface area contributed by atoms with Crippen molar-refractivity contribution in [3.8, 4) is 0 Å². The van der Waals surface area contributed by atoms with Gasteiger partial charge in [0.2, 0.25) is 0 Å². The standard InChI is InChI=1S/C12H22N2O/c1-12(2,15-4)6-8-14-7-5-11(10-14)9-13-3/h5,7,10,13H,6,8-9H2,1-4H3. The van der Waals surface area contributed by atoms with Gasteiger partial charge in [0, 0.05) is 32.6 Å². The molecule has 0 amide bonds. The molecule has 1 N–H and O–H groups in total. The molecule has 1 aromatic heterocycles. The van der Waals surface area contributed by atoms with Crippen molar-refractivity contribution >= 4 is 0 Å². The van der Waals surface area contributed by atoms with Crippen molar-refractivity contribution in [1.82, 2.24) is 9.88 Å². The molecule has 0 aliphatic carbocycles. The molecule has 0 aromatic carbocycles. The van der Waals surface area contributed by atoms with E-state index in [2.05, 4.69) is 42.2 Å². The van der Waals surface area contributed by atoms with Gasteiger partial charge in [-0.1, -0.05) is 0 Å². The highest BCUT2D eigenvalue weighted by molar-refractivity contribution is 5.09. The molecule has 0 atom stereocenters. The molecule has 0 bridgehead atoms. The van der Waals surface area contributed by atoms with Crippen LogP contribution in [0.5, 0.6) is 0 Å². The lowest BCUT2D eigenvalue weighted by Crippen LogP contribution is -2.24. The molecule has 0 fully saturated rings. The van der Waals surface area contributed by atoms with Crippen molar-refractivity contribution < 1.29 is 4.74 Å². The number of ether oxygens (including phenoxy) is 1. The first-order chi connectivity index (χ1) is 7.07. The lowest BCUT2D eigenvalue weighted by Gasteiger charge is -2.22. The first kappa shape index (κ1) is 12.3. The molecular weight excluding hydrogens is 188 g/mol. The molecule has 0 saturated heterocycles. The fourth-order valence-electron chi connectivity index (χ4n) is 1.44. The second kappa shape index (κ2) is 5.33. The summed E-state index contributed by atoms with van der Waals surface area (Å²) >= 11 is 0. The highest BCUT2D eigenvalue weighted by Gasteiger charge is 2.15.